The molecule has 0 atom stereocenters. The molecule has 0 heterocycles. The Balaban J connectivity index is 1.57. The zero-order chi connectivity index (χ0) is 16.2. The van der Waals surface area contributed by atoms with Crippen LogP contribution in [-0.2, 0) is 6.54 Å². The van der Waals surface area contributed by atoms with Gasteiger partial charge in [-0.05, 0) is 49.6 Å². The standard InChI is InChI=1S/C19H20N2O2/c1-13-3-2-4-14(11-13)12-20-18(22)15-5-7-16(8-6-15)19(23)21-17-9-10-17/h2-8,11,17H,9-10,12H2,1H3,(H,20,22)(H,21,23). The molecule has 0 saturated heterocycles. The summed E-state index contributed by atoms with van der Waals surface area (Å²) >= 11 is 0. The SMILES string of the molecule is Cc1cccc(CNC(=O)c2ccc(C(=O)NC3CC3)cc2)c1. The average Bonchev–Trinajstić information content (AvgIpc) is 3.37. The number of hydrogen-bond acceptors (Lipinski definition) is 2. The second-order valence-corrected chi connectivity index (χ2v) is 6.00. The molecule has 4 heteroatoms. The van der Waals surface area contributed by atoms with E-state index in [0.717, 1.165) is 18.4 Å². The van der Waals surface area contributed by atoms with E-state index in [1.165, 1.54) is 5.56 Å². The molecule has 0 unspecified atom stereocenters. The number of amides is 2. The summed E-state index contributed by atoms with van der Waals surface area (Å²) in [5, 5.41) is 5.83. The third kappa shape index (κ3) is 4.19. The maximum Gasteiger partial charge on any atom is 0.251 e. The molecular formula is C19H20N2O2. The Labute approximate surface area is 135 Å². The number of carbonyl (C=O) groups is 2. The molecule has 0 spiro atoms. The van der Waals surface area contributed by atoms with Gasteiger partial charge >= 0.3 is 0 Å². The number of carbonyl (C=O) groups excluding carboxylic acids is 2. The number of hydrogen-bond donors (Lipinski definition) is 2. The van der Waals surface area contributed by atoms with Gasteiger partial charge in [0.25, 0.3) is 11.8 Å². The van der Waals surface area contributed by atoms with Gasteiger partial charge in [0.2, 0.25) is 0 Å². The van der Waals surface area contributed by atoms with E-state index in [4.69, 9.17) is 0 Å². The summed E-state index contributed by atoms with van der Waals surface area (Å²) < 4.78 is 0. The molecule has 2 N–H and O–H groups in total. The van der Waals surface area contributed by atoms with Crippen LogP contribution in [0.1, 0.15) is 44.7 Å². The van der Waals surface area contributed by atoms with Crippen LogP contribution in [0.2, 0.25) is 0 Å². The predicted molar refractivity (Wildman–Crippen MR) is 89.3 cm³/mol. The van der Waals surface area contributed by atoms with Crippen LogP contribution >= 0.6 is 0 Å². The molecule has 1 fully saturated rings. The van der Waals surface area contributed by atoms with Gasteiger partial charge in [-0.2, -0.15) is 0 Å². The Bertz CT molecular complexity index is 718. The maximum absolute atomic E-state index is 12.2. The van der Waals surface area contributed by atoms with E-state index in [2.05, 4.69) is 10.6 Å². The van der Waals surface area contributed by atoms with Crippen LogP contribution in [0.15, 0.2) is 48.5 Å². The van der Waals surface area contributed by atoms with Gasteiger partial charge in [-0.3, -0.25) is 9.59 Å². The second kappa shape index (κ2) is 6.65. The lowest BCUT2D eigenvalue weighted by Gasteiger charge is -2.07. The Kier molecular flexibility index (Phi) is 4.42. The fourth-order valence-electron chi connectivity index (χ4n) is 2.38. The lowest BCUT2D eigenvalue weighted by atomic mass is 10.1. The summed E-state index contributed by atoms with van der Waals surface area (Å²) in [5.74, 6) is -0.208. The van der Waals surface area contributed by atoms with E-state index in [-0.39, 0.29) is 11.8 Å². The Morgan fingerprint density at radius 3 is 2.26 bits per heavy atom. The van der Waals surface area contributed by atoms with Gasteiger partial charge in [0.05, 0.1) is 0 Å². The molecule has 0 bridgehead atoms. The number of aryl methyl sites for hydroxylation is 1. The van der Waals surface area contributed by atoms with Gasteiger partial charge in [-0.15, -0.1) is 0 Å². The first kappa shape index (κ1) is 15.3. The first-order valence-corrected chi connectivity index (χ1v) is 7.86. The zero-order valence-corrected chi connectivity index (χ0v) is 13.1. The summed E-state index contributed by atoms with van der Waals surface area (Å²) in [7, 11) is 0. The minimum atomic E-state index is -0.138. The van der Waals surface area contributed by atoms with E-state index in [1.54, 1.807) is 24.3 Å². The van der Waals surface area contributed by atoms with Gasteiger partial charge < -0.3 is 10.6 Å². The molecule has 1 saturated carbocycles. The lowest BCUT2D eigenvalue weighted by molar-refractivity contribution is 0.0939. The Hall–Kier alpha value is -2.62. The van der Waals surface area contributed by atoms with Crippen LogP contribution in [0.25, 0.3) is 0 Å². The van der Waals surface area contributed by atoms with Crippen molar-refractivity contribution in [3.63, 3.8) is 0 Å². The van der Waals surface area contributed by atoms with Crippen LogP contribution in [0.3, 0.4) is 0 Å². The zero-order valence-electron chi connectivity index (χ0n) is 13.1. The van der Waals surface area contributed by atoms with Crippen molar-refractivity contribution in [3.8, 4) is 0 Å². The molecule has 0 aliphatic heterocycles. The van der Waals surface area contributed by atoms with Crippen molar-refractivity contribution in [2.24, 2.45) is 0 Å². The van der Waals surface area contributed by atoms with Crippen LogP contribution in [0, 0.1) is 6.92 Å². The van der Waals surface area contributed by atoms with Crippen molar-refractivity contribution in [1.82, 2.24) is 10.6 Å². The average molecular weight is 308 g/mol. The van der Waals surface area contributed by atoms with Gasteiger partial charge in [-0.25, -0.2) is 0 Å². The Morgan fingerprint density at radius 1 is 1.00 bits per heavy atom. The fraction of sp³-hybridized carbons (Fsp3) is 0.263. The molecule has 23 heavy (non-hydrogen) atoms. The number of benzene rings is 2. The molecular weight excluding hydrogens is 288 g/mol. The highest BCUT2D eigenvalue weighted by atomic mass is 16.2. The molecule has 1 aliphatic rings. The highest BCUT2D eigenvalue weighted by molar-refractivity contribution is 5.97. The minimum absolute atomic E-state index is 0.0702. The van der Waals surface area contributed by atoms with E-state index in [9.17, 15) is 9.59 Å². The van der Waals surface area contributed by atoms with Crippen molar-refractivity contribution in [2.75, 3.05) is 0 Å². The third-order valence-electron chi connectivity index (χ3n) is 3.86. The first-order chi connectivity index (χ1) is 11.1. The summed E-state index contributed by atoms with van der Waals surface area (Å²) in [6.45, 7) is 2.52. The van der Waals surface area contributed by atoms with Gasteiger partial charge in [-0.1, -0.05) is 29.8 Å². The summed E-state index contributed by atoms with van der Waals surface area (Å²) in [4.78, 5) is 24.1. The highest BCUT2D eigenvalue weighted by Gasteiger charge is 2.23. The van der Waals surface area contributed by atoms with Gasteiger partial charge in [0.1, 0.15) is 0 Å². The molecule has 1 aliphatic carbocycles. The molecule has 2 aromatic rings. The maximum atomic E-state index is 12.2. The van der Waals surface area contributed by atoms with Crippen LogP contribution < -0.4 is 10.6 Å². The van der Waals surface area contributed by atoms with Crippen molar-refractivity contribution < 1.29 is 9.59 Å². The van der Waals surface area contributed by atoms with E-state index in [0.29, 0.717) is 23.7 Å². The summed E-state index contributed by atoms with van der Waals surface area (Å²) in [6, 6.07) is 15.1. The van der Waals surface area contributed by atoms with Crippen molar-refractivity contribution in [2.45, 2.75) is 32.4 Å². The second-order valence-electron chi connectivity index (χ2n) is 6.00. The first-order valence-electron chi connectivity index (χ1n) is 7.86. The van der Waals surface area contributed by atoms with E-state index in [1.807, 2.05) is 31.2 Å². The molecule has 0 aromatic heterocycles. The van der Waals surface area contributed by atoms with Crippen LogP contribution in [0.5, 0.6) is 0 Å². The fourth-order valence-corrected chi connectivity index (χ4v) is 2.38. The predicted octanol–water partition coefficient (Wildman–Crippen LogP) is 2.82. The Morgan fingerprint density at radius 2 is 1.65 bits per heavy atom. The van der Waals surface area contributed by atoms with Crippen LogP contribution in [-0.4, -0.2) is 17.9 Å². The molecule has 3 rings (SSSR count). The quantitative estimate of drug-likeness (QED) is 0.892. The topological polar surface area (TPSA) is 58.2 Å². The van der Waals surface area contributed by atoms with Gasteiger partial charge in [0.15, 0.2) is 0 Å². The van der Waals surface area contributed by atoms with E-state index >= 15 is 0 Å². The minimum Gasteiger partial charge on any atom is -0.349 e. The van der Waals surface area contributed by atoms with Crippen LogP contribution in [0.4, 0.5) is 0 Å². The number of rotatable bonds is 5. The summed E-state index contributed by atoms with van der Waals surface area (Å²) in [6.07, 6.45) is 2.12. The third-order valence-corrected chi connectivity index (χ3v) is 3.86. The highest BCUT2D eigenvalue weighted by Crippen LogP contribution is 2.19. The monoisotopic (exact) mass is 308 g/mol. The molecule has 0 radical (unpaired) electrons. The molecule has 118 valence electrons. The molecule has 4 nitrogen and oxygen atoms in total. The normalized spacial score (nSPS) is 13.4. The lowest BCUT2D eigenvalue weighted by Crippen LogP contribution is -2.26. The molecule has 2 aromatic carbocycles. The van der Waals surface area contributed by atoms with Crippen molar-refractivity contribution >= 4 is 11.8 Å². The van der Waals surface area contributed by atoms with Gasteiger partial charge in [0, 0.05) is 23.7 Å². The largest absolute Gasteiger partial charge is 0.349 e. The van der Waals surface area contributed by atoms with Crippen molar-refractivity contribution in [3.05, 3.63) is 70.8 Å². The van der Waals surface area contributed by atoms with Crippen molar-refractivity contribution in [1.29, 1.82) is 0 Å². The molecule has 2 amide bonds. The smallest absolute Gasteiger partial charge is 0.251 e. The number of nitrogens with one attached hydrogen (secondary N) is 2. The summed E-state index contributed by atoms with van der Waals surface area (Å²) in [5.41, 5.74) is 3.38. The van der Waals surface area contributed by atoms with E-state index < -0.39 is 0 Å².